The van der Waals surface area contributed by atoms with E-state index in [1.807, 2.05) is 0 Å². The van der Waals surface area contributed by atoms with Crippen LogP contribution in [0.5, 0.6) is 0 Å². The lowest BCUT2D eigenvalue weighted by atomic mass is 10.1. The average Bonchev–Trinajstić information content (AvgIpc) is 2.37. The lowest BCUT2D eigenvalue weighted by Gasteiger charge is -2.09. The van der Waals surface area contributed by atoms with E-state index in [4.69, 9.17) is 10.8 Å². The number of halogens is 2. The summed E-state index contributed by atoms with van der Waals surface area (Å²) in [6, 6.07) is 6.10. The predicted molar refractivity (Wildman–Crippen MR) is 73.0 cm³/mol. The van der Waals surface area contributed by atoms with Crippen LogP contribution >= 0.6 is 11.8 Å². The molecule has 3 nitrogen and oxygen atoms in total. The van der Waals surface area contributed by atoms with Crippen molar-refractivity contribution in [1.29, 1.82) is 0 Å². The van der Waals surface area contributed by atoms with Gasteiger partial charge in [-0.1, -0.05) is 11.8 Å². The van der Waals surface area contributed by atoms with Crippen LogP contribution in [0, 0.1) is 18.6 Å². The molecular formula is C14H11F2NO2S. The first kappa shape index (κ1) is 14.3. The fraction of sp³-hybridized carbons (Fsp3) is 0.0714. The predicted octanol–water partition coefficient (Wildman–Crippen LogP) is 3.70. The minimum Gasteiger partial charge on any atom is -0.478 e. The summed E-state index contributed by atoms with van der Waals surface area (Å²) in [6.45, 7) is 1.66. The van der Waals surface area contributed by atoms with Crippen LogP contribution in [0.4, 0.5) is 14.5 Å². The molecule has 2 aromatic carbocycles. The zero-order valence-electron chi connectivity index (χ0n) is 10.5. The Balaban J connectivity index is 2.44. The van der Waals surface area contributed by atoms with Crippen molar-refractivity contribution in [2.24, 2.45) is 0 Å². The van der Waals surface area contributed by atoms with Gasteiger partial charge in [0.15, 0.2) is 0 Å². The van der Waals surface area contributed by atoms with Crippen molar-refractivity contribution in [2.45, 2.75) is 16.7 Å². The highest BCUT2D eigenvalue weighted by Gasteiger charge is 2.13. The average molecular weight is 295 g/mol. The maximum atomic E-state index is 13.6. The number of aryl methyl sites for hydroxylation is 1. The molecule has 0 unspecified atom stereocenters. The third-order valence-corrected chi connectivity index (χ3v) is 3.72. The van der Waals surface area contributed by atoms with Crippen LogP contribution in [0.25, 0.3) is 0 Å². The van der Waals surface area contributed by atoms with E-state index in [1.54, 1.807) is 13.0 Å². The van der Waals surface area contributed by atoms with Crippen molar-refractivity contribution in [3.05, 3.63) is 53.1 Å². The normalized spacial score (nSPS) is 10.6. The molecule has 6 heteroatoms. The number of carbonyl (C=O) groups is 1. The third-order valence-electron chi connectivity index (χ3n) is 2.71. The number of rotatable bonds is 3. The molecule has 2 rings (SSSR count). The number of carboxylic acids is 1. The second-order valence-electron chi connectivity index (χ2n) is 4.18. The summed E-state index contributed by atoms with van der Waals surface area (Å²) < 4.78 is 26.7. The van der Waals surface area contributed by atoms with Crippen LogP contribution in [0.15, 0.2) is 40.1 Å². The molecular weight excluding hydrogens is 284 g/mol. The minimum absolute atomic E-state index is 0.0516. The Bertz CT molecular complexity index is 689. The van der Waals surface area contributed by atoms with E-state index in [0.717, 1.165) is 30.0 Å². The second kappa shape index (κ2) is 5.50. The SMILES string of the molecule is Cc1cc(Sc2cc(F)ccc2F)cc(C(=O)O)c1N. The van der Waals surface area contributed by atoms with Crippen molar-refractivity contribution >= 4 is 23.4 Å². The highest BCUT2D eigenvalue weighted by molar-refractivity contribution is 7.99. The number of hydrogen-bond acceptors (Lipinski definition) is 3. The van der Waals surface area contributed by atoms with Gasteiger partial charge in [0.1, 0.15) is 11.6 Å². The van der Waals surface area contributed by atoms with Gasteiger partial charge in [0.25, 0.3) is 0 Å². The fourth-order valence-electron chi connectivity index (χ4n) is 1.68. The number of benzene rings is 2. The molecule has 0 aliphatic carbocycles. The van der Waals surface area contributed by atoms with E-state index in [-0.39, 0.29) is 16.1 Å². The zero-order valence-corrected chi connectivity index (χ0v) is 11.3. The van der Waals surface area contributed by atoms with Gasteiger partial charge in [0, 0.05) is 10.6 Å². The van der Waals surface area contributed by atoms with E-state index < -0.39 is 17.6 Å². The monoisotopic (exact) mass is 295 g/mol. The molecule has 0 bridgehead atoms. The summed E-state index contributed by atoms with van der Waals surface area (Å²) in [4.78, 5) is 11.6. The summed E-state index contributed by atoms with van der Waals surface area (Å²) in [5.74, 6) is -2.28. The van der Waals surface area contributed by atoms with Crippen LogP contribution in [0.1, 0.15) is 15.9 Å². The van der Waals surface area contributed by atoms with Gasteiger partial charge < -0.3 is 10.8 Å². The highest BCUT2D eigenvalue weighted by Crippen LogP contribution is 2.33. The van der Waals surface area contributed by atoms with Gasteiger partial charge in [-0.2, -0.15) is 0 Å². The van der Waals surface area contributed by atoms with Crippen LogP contribution in [-0.4, -0.2) is 11.1 Å². The summed E-state index contributed by atoms with van der Waals surface area (Å²) >= 11 is 0.949. The van der Waals surface area contributed by atoms with Gasteiger partial charge in [-0.15, -0.1) is 0 Å². The number of anilines is 1. The van der Waals surface area contributed by atoms with E-state index in [2.05, 4.69) is 0 Å². The topological polar surface area (TPSA) is 63.3 Å². The molecule has 0 spiro atoms. The van der Waals surface area contributed by atoms with E-state index >= 15 is 0 Å². The zero-order chi connectivity index (χ0) is 14.9. The molecule has 0 saturated heterocycles. The lowest BCUT2D eigenvalue weighted by molar-refractivity contribution is 0.0697. The molecule has 2 aromatic rings. The van der Waals surface area contributed by atoms with Gasteiger partial charge in [-0.25, -0.2) is 13.6 Å². The number of aromatic carboxylic acids is 1. The Kier molecular flexibility index (Phi) is 3.94. The maximum absolute atomic E-state index is 13.6. The van der Waals surface area contributed by atoms with Crippen molar-refractivity contribution in [3.8, 4) is 0 Å². The molecule has 0 aliphatic heterocycles. The van der Waals surface area contributed by atoms with Gasteiger partial charge >= 0.3 is 5.97 Å². The Labute approximate surface area is 118 Å². The Hall–Kier alpha value is -2.08. The van der Waals surface area contributed by atoms with E-state index in [0.29, 0.717) is 10.5 Å². The minimum atomic E-state index is -1.16. The molecule has 0 fully saturated rings. The third kappa shape index (κ3) is 2.91. The molecule has 3 N–H and O–H groups in total. The maximum Gasteiger partial charge on any atom is 0.337 e. The first-order valence-electron chi connectivity index (χ1n) is 5.65. The van der Waals surface area contributed by atoms with Crippen molar-refractivity contribution in [2.75, 3.05) is 5.73 Å². The Morgan fingerprint density at radius 1 is 1.25 bits per heavy atom. The summed E-state index contributed by atoms with van der Waals surface area (Å²) in [6.07, 6.45) is 0. The van der Waals surface area contributed by atoms with Crippen LogP contribution in [-0.2, 0) is 0 Å². The van der Waals surface area contributed by atoms with Crippen LogP contribution in [0.2, 0.25) is 0 Å². The number of hydrogen-bond donors (Lipinski definition) is 2. The summed E-state index contributed by atoms with van der Waals surface area (Å²) in [7, 11) is 0. The van der Waals surface area contributed by atoms with Gasteiger partial charge in [-0.3, -0.25) is 0 Å². The largest absolute Gasteiger partial charge is 0.478 e. The van der Waals surface area contributed by atoms with Gasteiger partial charge in [-0.05, 0) is 42.8 Å². The van der Waals surface area contributed by atoms with Crippen molar-refractivity contribution in [3.63, 3.8) is 0 Å². The smallest absolute Gasteiger partial charge is 0.337 e. The summed E-state index contributed by atoms with van der Waals surface area (Å²) in [5.41, 5.74) is 6.37. The van der Waals surface area contributed by atoms with Crippen molar-refractivity contribution < 1.29 is 18.7 Å². The number of nitrogens with two attached hydrogens (primary N) is 1. The second-order valence-corrected chi connectivity index (χ2v) is 5.30. The molecule has 0 atom stereocenters. The lowest BCUT2D eigenvalue weighted by Crippen LogP contribution is -2.04. The highest BCUT2D eigenvalue weighted by atomic mass is 32.2. The van der Waals surface area contributed by atoms with Crippen LogP contribution in [0.3, 0.4) is 0 Å². The molecule has 0 aliphatic rings. The number of nitrogen functional groups attached to an aromatic ring is 1. The molecule has 0 radical (unpaired) electrons. The molecule has 104 valence electrons. The van der Waals surface area contributed by atoms with Crippen molar-refractivity contribution in [1.82, 2.24) is 0 Å². The van der Waals surface area contributed by atoms with E-state index in [1.165, 1.54) is 6.07 Å². The molecule has 0 amide bonds. The molecule has 0 saturated carbocycles. The first-order valence-corrected chi connectivity index (χ1v) is 6.46. The standard InChI is InChI=1S/C14H11F2NO2S/c1-7-4-9(6-10(13(7)17)14(18)19)20-12-5-8(15)2-3-11(12)16/h2-6H,17H2,1H3,(H,18,19). The Morgan fingerprint density at radius 3 is 2.60 bits per heavy atom. The Morgan fingerprint density at radius 2 is 1.95 bits per heavy atom. The quantitative estimate of drug-likeness (QED) is 0.847. The van der Waals surface area contributed by atoms with Gasteiger partial charge in [0.05, 0.1) is 10.5 Å². The molecule has 0 aromatic heterocycles. The van der Waals surface area contributed by atoms with Crippen LogP contribution < -0.4 is 5.73 Å². The van der Waals surface area contributed by atoms with E-state index in [9.17, 15) is 13.6 Å². The summed E-state index contributed by atoms with van der Waals surface area (Å²) in [5, 5.41) is 9.06. The molecule has 0 heterocycles. The fourth-order valence-corrected chi connectivity index (χ4v) is 2.69. The first-order chi connectivity index (χ1) is 9.38. The molecule has 20 heavy (non-hydrogen) atoms. The van der Waals surface area contributed by atoms with Gasteiger partial charge in [0.2, 0.25) is 0 Å². The number of carboxylic acid groups (broad SMARTS) is 1.